The van der Waals surface area contributed by atoms with Crippen LogP contribution in [0.5, 0.6) is 0 Å². The number of nitriles is 1. The lowest BCUT2D eigenvalue weighted by molar-refractivity contribution is 0.388. The first-order valence-corrected chi connectivity index (χ1v) is 4.56. The summed E-state index contributed by atoms with van der Waals surface area (Å²) in [6.45, 7) is 11.7. The van der Waals surface area contributed by atoms with Gasteiger partial charge in [0.2, 0.25) is 0 Å². The SMILES string of the molecule is CC(C)C(C)(C#N)/N=N/C(C)(C)C. The molecule has 0 radical (unpaired) electrons. The van der Waals surface area contributed by atoms with Gasteiger partial charge < -0.3 is 0 Å². The maximum absolute atomic E-state index is 8.95. The predicted octanol–water partition coefficient (Wildman–Crippen LogP) is 3.18. The lowest BCUT2D eigenvalue weighted by Crippen LogP contribution is -2.27. The average molecular weight is 181 g/mol. The third-order valence-corrected chi connectivity index (χ3v) is 1.91. The molecule has 0 amide bonds. The summed E-state index contributed by atoms with van der Waals surface area (Å²) in [5, 5.41) is 17.2. The van der Waals surface area contributed by atoms with Gasteiger partial charge >= 0.3 is 0 Å². The predicted molar refractivity (Wildman–Crippen MR) is 53.5 cm³/mol. The zero-order valence-electron chi connectivity index (χ0n) is 9.42. The van der Waals surface area contributed by atoms with Crippen LogP contribution < -0.4 is 0 Å². The first-order chi connectivity index (χ1) is 5.71. The van der Waals surface area contributed by atoms with Crippen LogP contribution >= 0.6 is 0 Å². The summed E-state index contributed by atoms with van der Waals surface area (Å²) in [6, 6.07) is 2.19. The minimum Gasteiger partial charge on any atom is -0.196 e. The van der Waals surface area contributed by atoms with Crippen LogP contribution in [0, 0.1) is 17.2 Å². The van der Waals surface area contributed by atoms with Crippen LogP contribution in [0.4, 0.5) is 0 Å². The molecule has 13 heavy (non-hydrogen) atoms. The molecule has 0 saturated heterocycles. The second-order valence-corrected chi connectivity index (χ2v) is 4.78. The van der Waals surface area contributed by atoms with Crippen molar-refractivity contribution >= 4 is 0 Å². The molecule has 0 saturated carbocycles. The molecule has 0 heterocycles. The Morgan fingerprint density at radius 1 is 1.08 bits per heavy atom. The fraction of sp³-hybridized carbons (Fsp3) is 0.900. The number of rotatable bonds is 2. The van der Waals surface area contributed by atoms with Gasteiger partial charge in [0.15, 0.2) is 5.54 Å². The van der Waals surface area contributed by atoms with Crippen LogP contribution in [-0.4, -0.2) is 11.1 Å². The van der Waals surface area contributed by atoms with Crippen molar-refractivity contribution in [3.05, 3.63) is 0 Å². The molecule has 0 aromatic heterocycles. The van der Waals surface area contributed by atoms with Crippen molar-refractivity contribution in [1.82, 2.24) is 0 Å². The van der Waals surface area contributed by atoms with Crippen LogP contribution in [0.1, 0.15) is 41.5 Å². The molecule has 1 atom stereocenters. The van der Waals surface area contributed by atoms with Gasteiger partial charge in [0.05, 0.1) is 11.6 Å². The van der Waals surface area contributed by atoms with E-state index in [9.17, 15) is 0 Å². The van der Waals surface area contributed by atoms with Crippen LogP contribution in [0.15, 0.2) is 10.2 Å². The fourth-order valence-corrected chi connectivity index (χ4v) is 0.521. The summed E-state index contributed by atoms with van der Waals surface area (Å²) in [7, 11) is 0. The zero-order valence-corrected chi connectivity index (χ0v) is 9.42. The van der Waals surface area contributed by atoms with Gasteiger partial charge in [-0.3, -0.25) is 0 Å². The summed E-state index contributed by atoms with van der Waals surface area (Å²) in [4.78, 5) is 0. The van der Waals surface area contributed by atoms with Gasteiger partial charge in [-0.1, -0.05) is 13.8 Å². The molecule has 0 aromatic rings. The van der Waals surface area contributed by atoms with E-state index in [0.717, 1.165) is 0 Å². The molecule has 0 bridgehead atoms. The Morgan fingerprint density at radius 2 is 1.54 bits per heavy atom. The molecule has 0 aliphatic carbocycles. The van der Waals surface area contributed by atoms with Crippen LogP contribution in [0.3, 0.4) is 0 Å². The third kappa shape index (κ3) is 4.02. The minimum absolute atomic E-state index is 0.184. The van der Waals surface area contributed by atoms with Crippen molar-refractivity contribution in [2.75, 3.05) is 0 Å². The van der Waals surface area contributed by atoms with E-state index in [0.29, 0.717) is 0 Å². The third-order valence-electron chi connectivity index (χ3n) is 1.91. The van der Waals surface area contributed by atoms with Crippen LogP contribution in [0.25, 0.3) is 0 Å². The Kier molecular flexibility index (Phi) is 3.60. The molecule has 3 heteroatoms. The summed E-state index contributed by atoms with van der Waals surface area (Å²) in [6.07, 6.45) is 0. The van der Waals surface area contributed by atoms with Gasteiger partial charge in [-0.25, -0.2) is 0 Å². The molecule has 0 aliphatic heterocycles. The lowest BCUT2D eigenvalue weighted by atomic mass is 9.91. The Morgan fingerprint density at radius 3 is 1.77 bits per heavy atom. The highest BCUT2D eigenvalue weighted by molar-refractivity contribution is 5.05. The van der Waals surface area contributed by atoms with Crippen molar-refractivity contribution in [2.45, 2.75) is 52.6 Å². The highest BCUT2D eigenvalue weighted by Gasteiger charge is 2.28. The fourth-order valence-electron chi connectivity index (χ4n) is 0.521. The van der Waals surface area contributed by atoms with Crippen molar-refractivity contribution in [1.29, 1.82) is 5.26 Å². The average Bonchev–Trinajstić information content (AvgIpc) is 1.98. The van der Waals surface area contributed by atoms with E-state index in [1.165, 1.54) is 0 Å². The molecular formula is C10H19N3. The Bertz CT molecular complexity index is 230. The molecule has 1 unspecified atom stereocenters. The van der Waals surface area contributed by atoms with Gasteiger partial charge in [-0.15, -0.1) is 0 Å². The van der Waals surface area contributed by atoms with Gasteiger partial charge in [0.1, 0.15) is 0 Å². The first kappa shape index (κ1) is 12.1. The number of hydrogen-bond donors (Lipinski definition) is 0. The molecule has 0 aromatic carbocycles. The van der Waals surface area contributed by atoms with Gasteiger partial charge in [-0.05, 0) is 33.6 Å². The van der Waals surface area contributed by atoms with Crippen molar-refractivity contribution in [3.63, 3.8) is 0 Å². The Hall–Kier alpha value is -0.910. The summed E-state index contributed by atoms with van der Waals surface area (Å²) >= 11 is 0. The second kappa shape index (κ2) is 3.87. The Labute approximate surface area is 80.9 Å². The van der Waals surface area contributed by atoms with E-state index in [2.05, 4.69) is 16.3 Å². The topological polar surface area (TPSA) is 48.5 Å². The zero-order chi connectivity index (χ0) is 10.7. The normalized spacial score (nSPS) is 17.4. The number of azo groups is 1. The van der Waals surface area contributed by atoms with Crippen molar-refractivity contribution in [2.24, 2.45) is 16.1 Å². The highest BCUT2D eigenvalue weighted by atomic mass is 15.2. The van der Waals surface area contributed by atoms with E-state index in [1.807, 2.05) is 41.5 Å². The number of nitrogens with zero attached hydrogens (tertiary/aromatic N) is 3. The molecule has 3 nitrogen and oxygen atoms in total. The largest absolute Gasteiger partial charge is 0.196 e. The van der Waals surface area contributed by atoms with Crippen molar-refractivity contribution < 1.29 is 0 Å². The summed E-state index contributed by atoms with van der Waals surface area (Å²) < 4.78 is 0. The summed E-state index contributed by atoms with van der Waals surface area (Å²) in [5.41, 5.74) is -0.889. The lowest BCUT2D eigenvalue weighted by Gasteiger charge is -2.21. The van der Waals surface area contributed by atoms with E-state index in [-0.39, 0.29) is 11.5 Å². The molecule has 0 N–H and O–H groups in total. The van der Waals surface area contributed by atoms with E-state index in [4.69, 9.17) is 5.26 Å². The van der Waals surface area contributed by atoms with Crippen LogP contribution in [-0.2, 0) is 0 Å². The van der Waals surface area contributed by atoms with E-state index in [1.54, 1.807) is 0 Å². The monoisotopic (exact) mass is 181 g/mol. The van der Waals surface area contributed by atoms with E-state index < -0.39 is 5.54 Å². The minimum atomic E-state index is -0.687. The van der Waals surface area contributed by atoms with Crippen LogP contribution in [0.2, 0.25) is 0 Å². The second-order valence-electron chi connectivity index (χ2n) is 4.78. The smallest absolute Gasteiger partial charge is 0.166 e. The maximum Gasteiger partial charge on any atom is 0.166 e. The molecular weight excluding hydrogens is 162 g/mol. The first-order valence-electron chi connectivity index (χ1n) is 4.56. The maximum atomic E-state index is 8.95. The summed E-state index contributed by atoms with van der Waals surface area (Å²) in [5.74, 6) is 0.184. The van der Waals surface area contributed by atoms with Gasteiger partial charge in [0.25, 0.3) is 0 Å². The number of hydrogen-bond acceptors (Lipinski definition) is 3. The molecule has 0 fully saturated rings. The highest BCUT2D eigenvalue weighted by Crippen LogP contribution is 2.22. The van der Waals surface area contributed by atoms with Gasteiger partial charge in [-0.2, -0.15) is 15.5 Å². The quantitative estimate of drug-likeness (QED) is 0.603. The molecule has 0 rings (SSSR count). The van der Waals surface area contributed by atoms with Gasteiger partial charge in [0, 0.05) is 0 Å². The van der Waals surface area contributed by atoms with Crippen molar-refractivity contribution in [3.8, 4) is 6.07 Å². The molecule has 74 valence electrons. The Balaban J connectivity index is 4.67. The van der Waals surface area contributed by atoms with E-state index >= 15 is 0 Å². The molecule has 0 aliphatic rings. The standard InChI is InChI=1S/C10H19N3/c1-8(2)10(6,7-11)13-12-9(3,4)5/h8H,1-6H3/b13-12+. The molecule has 0 spiro atoms.